The molecule has 2 heterocycles. The SMILES string of the molecule is Cn1c(=O)n(C)c2cc(NC(=O)C3CC(=O)N(c4ccc5c(c4)Cc4ccccc4-5)C3)ccc21. The van der Waals surface area contributed by atoms with Crippen molar-refractivity contribution in [3.05, 3.63) is 82.3 Å². The molecule has 1 unspecified atom stereocenters. The smallest absolute Gasteiger partial charge is 0.326 e. The molecular weight excluding hydrogens is 428 g/mol. The molecule has 0 radical (unpaired) electrons. The van der Waals surface area contributed by atoms with Gasteiger partial charge in [0.1, 0.15) is 0 Å². The zero-order valence-corrected chi connectivity index (χ0v) is 19.0. The van der Waals surface area contributed by atoms with E-state index in [4.69, 9.17) is 0 Å². The predicted molar refractivity (Wildman–Crippen MR) is 132 cm³/mol. The standard InChI is InChI=1S/C27H24N4O3/c1-29-23-10-7-19(14-24(23)30(2)27(29)34)28-26(33)18-13-25(32)31(15-18)20-8-9-22-17(12-20)11-16-5-3-4-6-21(16)22/h3-10,12,14,18H,11,13,15H2,1-2H3,(H,28,33). The lowest BCUT2D eigenvalue weighted by Gasteiger charge is -2.18. The van der Waals surface area contributed by atoms with Crippen molar-refractivity contribution in [2.24, 2.45) is 20.0 Å². The summed E-state index contributed by atoms with van der Waals surface area (Å²) in [6, 6.07) is 19.9. The molecule has 1 saturated heterocycles. The number of hydrogen-bond acceptors (Lipinski definition) is 3. The normalized spacial score (nSPS) is 16.7. The van der Waals surface area contributed by atoms with E-state index in [1.807, 2.05) is 24.3 Å². The fourth-order valence-electron chi connectivity index (χ4n) is 5.26. The molecule has 2 aliphatic rings. The van der Waals surface area contributed by atoms with Gasteiger partial charge in [-0.2, -0.15) is 0 Å². The van der Waals surface area contributed by atoms with E-state index in [-0.39, 0.29) is 23.9 Å². The molecule has 170 valence electrons. The summed E-state index contributed by atoms with van der Waals surface area (Å²) in [5.41, 5.74) is 7.85. The number of nitrogens with zero attached hydrogens (tertiary/aromatic N) is 3. The second-order valence-electron chi connectivity index (χ2n) is 9.17. The summed E-state index contributed by atoms with van der Waals surface area (Å²) in [5.74, 6) is -0.672. The first-order chi connectivity index (χ1) is 16.4. The molecule has 1 fully saturated rings. The van der Waals surface area contributed by atoms with Crippen LogP contribution in [0.25, 0.3) is 22.2 Å². The van der Waals surface area contributed by atoms with Gasteiger partial charge >= 0.3 is 5.69 Å². The quantitative estimate of drug-likeness (QED) is 0.456. The third-order valence-corrected chi connectivity index (χ3v) is 7.12. The lowest BCUT2D eigenvalue weighted by molar-refractivity contribution is -0.122. The van der Waals surface area contributed by atoms with Gasteiger partial charge in [0.2, 0.25) is 11.8 Å². The summed E-state index contributed by atoms with van der Waals surface area (Å²) in [5, 5.41) is 2.94. The van der Waals surface area contributed by atoms with Crippen LogP contribution in [0.1, 0.15) is 17.5 Å². The van der Waals surface area contributed by atoms with Crippen LogP contribution in [0.2, 0.25) is 0 Å². The Kier molecular flexibility index (Phi) is 4.49. The number of anilines is 2. The zero-order valence-electron chi connectivity index (χ0n) is 19.0. The summed E-state index contributed by atoms with van der Waals surface area (Å²) in [4.78, 5) is 39.7. The Hall–Kier alpha value is -4.13. The molecule has 6 rings (SSSR count). The number of carbonyl (C=O) groups excluding carboxylic acids is 2. The van der Waals surface area contributed by atoms with Gasteiger partial charge in [0.05, 0.1) is 17.0 Å². The number of carbonyl (C=O) groups is 2. The average molecular weight is 453 g/mol. The van der Waals surface area contributed by atoms with E-state index in [0.717, 1.165) is 23.1 Å². The monoisotopic (exact) mass is 452 g/mol. The van der Waals surface area contributed by atoms with E-state index in [1.54, 1.807) is 40.3 Å². The molecule has 3 aromatic carbocycles. The van der Waals surface area contributed by atoms with Crippen LogP contribution in [0.15, 0.2) is 65.5 Å². The minimum Gasteiger partial charge on any atom is -0.326 e. The first-order valence-corrected chi connectivity index (χ1v) is 11.4. The molecule has 1 aliphatic carbocycles. The van der Waals surface area contributed by atoms with Crippen molar-refractivity contribution in [1.82, 2.24) is 9.13 Å². The van der Waals surface area contributed by atoms with Gasteiger partial charge in [0, 0.05) is 38.4 Å². The van der Waals surface area contributed by atoms with Crippen LogP contribution in [0.4, 0.5) is 11.4 Å². The molecule has 1 aliphatic heterocycles. The Balaban J connectivity index is 1.20. The van der Waals surface area contributed by atoms with Gasteiger partial charge in [-0.05, 0) is 59.0 Å². The van der Waals surface area contributed by atoms with Gasteiger partial charge in [0.25, 0.3) is 0 Å². The predicted octanol–water partition coefficient (Wildman–Crippen LogP) is 3.44. The topological polar surface area (TPSA) is 76.3 Å². The van der Waals surface area contributed by atoms with Crippen molar-refractivity contribution in [1.29, 1.82) is 0 Å². The van der Waals surface area contributed by atoms with Crippen molar-refractivity contribution < 1.29 is 9.59 Å². The minimum absolute atomic E-state index is 0.0449. The highest BCUT2D eigenvalue weighted by Gasteiger charge is 2.35. The number of nitrogens with one attached hydrogen (secondary N) is 1. The van der Waals surface area contributed by atoms with E-state index in [0.29, 0.717) is 12.2 Å². The maximum absolute atomic E-state index is 13.0. The van der Waals surface area contributed by atoms with Crippen molar-refractivity contribution in [2.75, 3.05) is 16.8 Å². The molecule has 2 amide bonds. The van der Waals surface area contributed by atoms with Crippen LogP contribution in [0, 0.1) is 5.92 Å². The van der Waals surface area contributed by atoms with Crippen molar-refractivity contribution in [3.63, 3.8) is 0 Å². The van der Waals surface area contributed by atoms with E-state index in [9.17, 15) is 14.4 Å². The lowest BCUT2D eigenvalue weighted by atomic mass is 10.1. The highest BCUT2D eigenvalue weighted by Crippen LogP contribution is 2.39. The molecule has 1 atom stereocenters. The highest BCUT2D eigenvalue weighted by atomic mass is 16.2. The van der Waals surface area contributed by atoms with E-state index in [1.165, 1.54) is 22.3 Å². The molecule has 0 bridgehead atoms. The van der Waals surface area contributed by atoms with E-state index in [2.05, 4.69) is 29.6 Å². The van der Waals surface area contributed by atoms with Crippen LogP contribution in [0.5, 0.6) is 0 Å². The average Bonchev–Trinajstić information content (AvgIpc) is 3.48. The molecular formula is C27H24N4O3. The number of imidazole rings is 1. The Labute approximate surface area is 196 Å². The number of rotatable bonds is 3. The molecule has 0 spiro atoms. The Morgan fingerprint density at radius 3 is 2.50 bits per heavy atom. The first kappa shape index (κ1) is 20.5. The molecule has 4 aromatic rings. The van der Waals surface area contributed by atoms with Crippen LogP contribution in [-0.4, -0.2) is 27.5 Å². The van der Waals surface area contributed by atoms with Crippen molar-refractivity contribution in [2.45, 2.75) is 12.8 Å². The van der Waals surface area contributed by atoms with Crippen LogP contribution < -0.4 is 15.9 Å². The summed E-state index contributed by atoms with van der Waals surface area (Å²) >= 11 is 0. The van der Waals surface area contributed by atoms with Gasteiger partial charge < -0.3 is 10.2 Å². The molecule has 7 heteroatoms. The highest BCUT2D eigenvalue weighted by molar-refractivity contribution is 6.04. The Bertz CT molecular complexity index is 1560. The Morgan fingerprint density at radius 1 is 0.882 bits per heavy atom. The maximum Gasteiger partial charge on any atom is 0.328 e. The zero-order chi connectivity index (χ0) is 23.6. The third kappa shape index (κ3) is 3.08. The van der Waals surface area contributed by atoms with Gasteiger partial charge in [-0.1, -0.05) is 30.3 Å². The first-order valence-electron chi connectivity index (χ1n) is 11.4. The molecule has 34 heavy (non-hydrogen) atoms. The van der Waals surface area contributed by atoms with Gasteiger partial charge in [-0.25, -0.2) is 4.79 Å². The molecule has 1 N–H and O–H groups in total. The van der Waals surface area contributed by atoms with Crippen LogP contribution >= 0.6 is 0 Å². The summed E-state index contributed by atoms with van der Waals surface area (Å²) in [6.45, 7) is 0.350. The third-order valence-electron chi connectivity index (χ3n) is 7.12. The molecule has 0 saturated carbocycles. The van der Waals surface area contributed by atoms with Crippen molar-refractivity contribution in [3.8, 4) is 11.1 Å². The summed E-state index contributed by atoms with van der Waals surface area (Å²) < 4.78 is 3.13. The van der Waals surface area contributed by atoms with Crippen molar-refractivity contribution >= 4 is 34.2 Å². The maximum atomic E-state index is 13.0. The lowest BCUT2D eigenvalue weighted by Crippen LogP contribution is -2.28. The molecule has 1 aromatic heterocycles. The summed E-state index contributed by atoms with van der Waals surface area (Å²) in [6.07, 6.45) is 1.03. The minimum atomic E-state index is -0.437. The number of aryl methyl sites for hydroxylation is 2. The van der Waals surface area contributed by atoms with Gasteiger partial charge in [-0.3, -0.25) is 18.7 Å². The Morgan fingerprint density at radius 2 is 1.65 bits per heavy atom. The fourth-order valence-corrected chi connectivity index (χ4v) is 5.26. The number of hydrogen-bond donors (Lipinski definition) is 1. The van der Waals surface area contributed by atoms with Crippen LogP contribution in [-0.2, 0) is 30.1 Å². The van der Waals surface area contributed by atoms with E-state index >= 15 is 0 Å². The molecule has 7 nitrogen and oxygen atoms in total. The van der Waals surface area contributed by atoms with Crippen LogP contribution in [0.3, 0.4) is 0 Å². The number of amides is 2. The van der Waals surface area contributed by atoms with Gasteiger partial charge in [0.15, 0.2) is 0 Å². The summed E-state index contributed by atoms with van der Waals surface area (Å²) in [7, 11) is 3.43. The second kappa shape index (κ2) is 7.45. The van der Waals surface area contributed by atoms with Gasteiger partial charge in [-0.15, -0.1) is 0 Å². The fraction of sp³-hybridized carbons (Fsp3) is 0.222. The second-order valence-corrected chi connectivity index (χ2v) is 9.17. The number of benzene rings is 3. The van der Waals surface area contributed by atoms with E-state index < -0.39 is 5.92 Å². The number of fused-ring (bicyclic) bond motifs is 4. The number of aromatic nitrogens is 2. The largest absolute Gasteiger partial charge is 0.328 e.